The summed E-state index contributed by atoms with van der Waals surface area (Å²) < 4.78 is 5.57. The highest BCUT2D eigenvalue weighted by molar-refractivity contribution is 6.05. The lowest BCUT2D eigenvalue weighted by molar-refractivity contribution is 0.0947. The average Bonchev–Trinajstić information content (AvgIpc) is 3.42. The Balaban J connectivity index is 1.68. The first-order valence-corrected chi connectivity index (χ1v) is 9.08. The molecule has 0 saturated heterocycles. The van der Waals surface area contributed by atoms with Crippen molar-refractivity contribution in [2.75, 3.05) is 7.11 Å². The third-order valence-corrected chi connectivity index (χ3v) is 4.65. The van der Waals surface area contributed by atoms with Crippen LogP contribution in [0, 0.1) is 0 Å². The summed E-state index contributed by atoms with van der Waals surface area (Å²) in [6.45, 7) is 1.48. The van der Waals surface area contributed by atoms with E-state index in [1.165, 1.54) is 6.92 Å². The van der Waals surface area contributed by atoms with Gasteiger partial charge in [0.15, 0.2) is 5.78 Å². The molecule has 2 aromatic heterocycles. The second-order valence-electron chi connectivity index (χ2n) is 6.79. The Kier molecular flexibility index (Phi) is 4.65. The molecule has 4 rings (SSSR count). The largest absolute Gasteiger partial charge is 0.495 e. The van der Waals surface area contributed by atoms with Crippen molar-refractivity contribution in [3.05, 3.63) is 53.0 Å². The maximum Gasteiger partial charge on any atom is 0.255 e. The highest BCUT2D eigenvalue weighted by atomic mass is 16.5. The van der Waals surface area contributed by atoms with E-state index in [4.69, 9.17) is 4.74 Å². The molecule has 1 aliphatic rings. The molecule has 7 heteroatoms. The molecular formula is C21H20N4O3. The fourth-order valence-corrected chi connectivity index (χ4v) is 3.00. The van der Waals surface area contributed by atoms with Crippen LogP contribution in [0.3, 0.4) is 0 Å². The smallest absolute Gasteiger partial charge is 0.255 e. The van der Waals surface area contributed by atoms with Crippen molar-refractivity contribution in [2.24, 2.45) is 0 Å². The van der Waals surface area contributed by atoms with Crippen LogP contribution in [0.25, 0.3) is 23.1 Å². The van der Waals surface area contributed by atoms with E-state index in [9.17, 15) is 9.59 Å². The van der Waals surface area contributed by atoms with Crippen LogP contribution in [0.2, 0.25) is 0 Å². The molecule has 2 N–H and O–H groups in total. The topological polar surface area (TPSA) is 97.0 Å². The molecule has 7 nitrogen and oxygen atoms in total. The fourth-order valence-electron chi connectivity index (χ4n) is 3.00. The van der Waals surface area contributed by atoms with Gasteiger partial charge in [0.1, 0.15) is 11.4 Å². The summed E-state index contributed by atoms with van der Waals surface area (Å²) in [5.74, 6) is 0.283. The SMILES string of the molecule is COc1c(C(=O)NC2CC2)ccc2[nH]nc(C=Cc3ccc(C(C)=O)nc3)c12. The Bertz CT molecular complexity index is 1080. The van der Waals surface area contributed by atoms with Gasteiger partial charge >= 0.3 is 0 Å². The van der Waals surface area contributed by atoms with Gasteiger partial charge in [-0.25, -0.2) is 0 Å². The van der Waals surface area contributed by atoms with E-state index in [1.807, 2.05) is 24.3 Å². The second kappa shape index (κ2) is 7.26. The summed E-state index contributed by atoms with van der Waals surface area (Å²) >= 11 is 0. The normalized spacial score (nSPS) is 13.8. The van der Waals surface area contributed by atoms with Crippen molar-refractivity contribution < 1.29 is 14.3 Å². The molecule has 0 aliphatic heterocycles. The van der Waals surface area contributed by atoms with Crippen molar-refractivity contribution in [1.82, 2.24) is 20.5 Å². The summed E-state index contributed by atoms with van der Waals surface area (Å²) in [5.41, 5.74) is 3.19. The zero-order chi connectivity index (χ0) is 19.7. The van der Waals surface area contributed by atoms with E-state index in [1.54, 1.807) is 25.4 Å². The second-order valence-corrected chi connectivity index (χ2v) is 6.79. The number of carbonyl (C=O) groups is 2. The number of fused-ring (bicyclic) bond motifs is 1. The molecule has 0 atom stereocenters. The molecule has 142 valence electrons. The molecule has 1 amide bonds. The van der Waals surface area contributed by atoms with Gasteiger partial charge in [0.05, 0.1) is 29.3 Å². The number of amides is 1. The Morgan fingerprint density at radius 2 is 2.04 bits per heavy atom. The molecule has 28 heavy (non-hydrogen) atoms. The summed E-state index contributed by atoms with van der Waals surface area (Å²) in [4.78, 5) is 28.0. The number of ketones is 1. The van der Waals surface area contributed by atoms with Crippen molar-refractivity contribution >= 4 is 34.7 Å². The van der Waals surface area contributed by atoms with Gasteiger partial charge in [-0.15, -0.1) is 0 Å². The monoisotopic (exact) mass is 376 g/mol. The van der Waals surface area contributed by atoms with Gasteiger partial charge in [-0.05, 0) is 42.7 Å². The maximum absolute atomic E-state index is 12.5. The first kappa shape index (κ1) is 17.9. The minimum absolute atomic E-state index is 0.0736. The molecule has 0 spiro atoms. The zero-order valence-corrected chi connectivity index (χ0v) is 15.7. The number of nitrogens with zero attached hydrogens (tertiary/aromatic N) is 2. The van der Waals surface area contributed by atoms with Gasteiger partial charge in [0.25, 0.3) is 5.91 Å². The van der Waals surface area contributed by atoms with Gasteiger partial charge in [0, 0.05) is 19.2 Å². The number of methoxy groups -OCH3 is 1. The Labute approximate surface area is 161 Å². The highest BCUT2D eigenvalue weighted by Crippen LogP contribution is 2.33. The number of pyridine rings is 1. The number of rotatable bonds is 6. The third-order valence-electron chi connectivity index (χ3n) is 4.65. The number of aromatic amines is 1. The molecule has 1 saturated carbocycles. The number of hydrogen-bond acceptors (Lipinski definition) is 5. The minimum Gasteiger partial charge on any atom is -0.495 e. The molecule has 3 aromatic rings. The fraction of sp³-hybridized carbons (Fsp3) is 0.238. The average molecular weight is 376 g/mol. The number of nitrogens with one attached hydrogen (secondary N) is 2. The van der Waals surface area contributed by atoms with Crippen LogP contribution in [-0.2, 0) is 0 Å². The van der Waals surface area contributed by atoms with Gasteiger partial charge in [-0.3, -0.25) is 19.7 Å². The zero-order valence-electron chi connectivity index (χ0n) is 15.7. The van der Waals surface area contributed by atoms with Crippen LogP contribution in [0.5, 0.6) is 5.75 Å². The van der Waals surface area contributed by atoms with Crippen LogP contribution in [-0.4, -0.2) is 40.0 Å². The lowest BCUT2D eigenvalue weighted by atomic mass is 10.1. The summed E-state index contributed by atoms with van der Waals surface area (Å²) in [6, 6.07) is 7.34. The van der Waals surface area contributed by atoms with Crippen LogP contribution in [0.1, 0.15) is 51.9 Å². The molecule has 0 radical (unpaired) electrons. The number of aromatic nitrogens is 3. The van der Waals surface area contributed by atoms with E-state index < -0.39 is 0 Å². The Morgan fingerprint density at radius 1 is 1.21 bits per heavy atom. The van der Waals surface area contributed by atoms with E-state index >= 15 is 0 Å². The van der Waals surface area contributed by atoms with Crippen molar-refractivity contribution in [2.45, 2.75) is 25.8 Å². The number of ether oxygens (including phenoxy) is 1. The molecule has 1 fully saturated rings. The van der Waals surface area contributed by atoms with Gasteiger partial charge in [-0.2, -0.15) is 5.10 Å². The number of H-pyrrole nitrogens is 1. The maximum atomic E-state index is 12.5. The molecule has 1 aliphatic carbocycles. The van der Waals surface area contributed by atoms with E-state index in [0.717, 1.165) is 29.3 Å². The standard InChI is InChI=1S/C21H20N4O3/c1-12(26)16-8-3-13(11-22-16)4-9-17-19-18(25-24-17)10-7-15(20(19)28-2)21(27)23-14-5-6-14/h3-4,7-11,14H,5-6H2,1-2H3,(H,23,27)(H,24,25). The molecule has 1 aromatic carbocycles. The summed E-state index contributed by atoms with van der Waals surface area (Å²) in [6.07, 6.45) is 7.35. The summed E-state index contributed by atoms with van der Waals surface area (Å²) in [5, 5.41) is 11.0. The van der Waals surface area contributed by atoms with Gasteiger partial charge < -0.3 is 10.1 Å². The quantitative estimate of drug-likeness (QED) is 0.644. The molecule has 0 bridgehead atoms. The number of carbonyl (C=O) groups excluding carboxylic acids is 2. The van der Waals surface area contributed by atoms with Gasteiger partial charge in [-0.1, -0.05) is 12.1 Å². The molecule has 0 unspecified atom stereocenters. The lowest BCUT2D eigenvalue weighted by Crippen LogP contribution is -2.25. The van der Waals surface area contributed by atoms with Crippen molar-refractivity contribution in [1.29, 1.82) is 0 Å². The predicted octanol–water partition coefficient (Wildman–Crippen LogP) is 3.23. The lowest BCUT2D eigenvalue weighted by Gasteiger charge is -2.10. The van der Waals surface area contributed by atoms with Crippen molar-refractivity contribution in [3.63, 3.8) is 0 Å². The minimum atomic E-state index is -0.138. The summed E-state index contributed by atoms with van der Waals surface area (Å²) in [7, 11) is 1.55. The van der Waals surface area contributed by atoms with E-state index in [0.29, 0.717) is 22.7 Å². The van der Waals surface area contributed by atoms with Crippen LogP contribution >= 0.6 is 0 Å². The Morgan fingerprint density at radius 3 is 2.68 bits per heavy atom. The first-order chi connectivity index (χ1) is 13.6. The van der Waals surface area contributed by atoms with E-state index in [-0.39, 0.29) is 17.7 Å². The Hall–Kier alpha value is -3.48. The first-order valence-electron chi connectivity index (χ1n) is 9.08. The highest BCUT2D eigenvalue weighted by Gasteiger charge is 2.26. The van der Waals surface area contributed by atoms with Crippen LogP contribution in [0.15, 0.2) is 30.5 Å². The third kappa shape index (κ3) is 3.51. The molecular weight excluding hydrogens is 356 g/mol. The van der Waals surface area contributed by atoms with Crippen LogP contribution in [0.4, 0.5) is 0 Å². The number of benzene rings is 1. The van der Waals surface area contributed by atoms with E-state index in [2.05, 4.69) is 20.5 Å². The number of hydrogen-bond donors (Lipinski definition) is 2. The molecule has 2 heterocycles. The predicted molar refractivity (Wildman–Crippen MR) is 106 cm³/mol. The van der Waals surface area contributed by atoms with Crippen LogP contribution < -0.4 is 10.1 Å². The van der Waals surface area contributed by atoms with Gasteiger partial charge in [0.2, 0.25) is 0 Å². The number of Topliss-reactive ketones (excluding diaryl/α,β-unsaturated/α-hetero) is 1. The van der Waals surface area contributed by atoms with Crippen molar-refractivity contribution in [3.8, 4) is 5.75 Å².